The first-order valence-corrected chi connectivity index (χ1v) is 10.8. The molecule has 1 aliphatic heterocycles. The minimum atomic E-state index is -4.58. The normalized spacial score (nSPS) is 15.3. The number of carbonyl (C=O) groups excluding carboxylic acids is 1. The number of piperidine rings is 1. The van der Waals surface area contributed by atoms with E-state index < -0.39 is 11.9 Å². The summed E-state index contributed by atoms with van der Waals surface area (Å²) in [5, 5.41) is 0.00992. The van der Waals surface area contributed by atoms with Crippen molar-refractivity contribution >= 4 is 17.7 Å². The SMILES string of the molecule is COc1ccc(-c2cc(C(F)(F)F)nc(SCCC(=O)N3CCC(C)CC3)n2)cc1. The first-order valence-electron chi connectivity index (χ1n) is 9.77. The molecule has 1 aromatic heterocycles. The highest BCUT2D eigenvalue weighted by Gasteiger charge is 2.34. The van der Waals surface area contributed by atoms with E-state index in [-0.39, 0.29) is 23.2 Å². The number of carbonyl (C=O) groups is 1. The van der Waals surface area contributed by atoms with Crippen LogP contribution in [0.4, 0.5) is 13.2 Å². The molecular formula is C21H24F3N3O2S. The van der Waals surface area contributed by atoms with Gasteiger partial charge in [0.05, 0.1) is 12.8 Å². The van der Waals surface area contributed by atoms with Gasteiger partial charge in [-0.2, -0.15) is 13.2 Å². The summed E-state index contributed by atoms with van der Waals surface area (Å²) in [5.41, 5.74) is -0.287. The average Bonchev–Trinajstić information content (AvgIpc) is 2.73. The van der Waals surface area contributed by atoms with Gasteiger partial charge in [-0.05, 0) is 49.1 Å². The van der Waals surface area contributed by atoms with Crippen molar-refractivity contribution in [2.45, 2.75) is 37.5 Å². The molecule has 162 valence electrons. The molecule has 1 amide bonds. The Morgan fingerprint density at radius 3 is 2.47 bits per heavy atom. The van der Waals surface area contributed by atoms with Gasteiger partial charge in [-0.1, -0.05) is 18.7 Å². The second kappa shape index (κ2) is 9.68. The Kier molecular flexibility index (Phi) is 7.23. The van der Waals surface area contributed by atoms with Crippen molar-refractivity contribution in [2.24, 2.45) is 5.92 Å². The zero-order valence-electron chi connectivity index (χ0n) is 16.9. The molecule has 0 bridgehead atoms. The lowest BCUT2D eigenvalue weighted by molar-refractivity contribution is -0.141. The van der Waals surface area contributed by atoms with Gasteiger partial charge in [-0.3, -0.25) is 4.79 Å². The zero-order chi connectivity index (χ0) is 21.7. The third-order valence-corrected chi connectivity index (χ3v) is 5.91. The number of hydrogen-bond donors (Lipinski definition) is 0. The van der Waals surface area contributed by atoms with Crippen LogP contribution in [-0.2, 0) is 11.0 Å². The van der Waals surface area contributed by atoms with Crippen LogP contribution in [-0.4, -0.2) is 46.7 Å². The lowest BCUT2D eigenvalue weighted by Crippen LogP contribution is -2.38. The second-order valence-electron chi connectivity index (χ2n) is 7.31. The van der Waals surface area contributed by atoms with Gasteiger partial charge in [-0.25, -0.2) is 9.97 Å². The summed E-state index contributed by atoms with van der Waals surface area (Å²) in [6.45, 7) is 3.65. The number of nitrogens with zero attached hydrogens (tertiary/aromatic N) is 3. The molecule has 0 saturated carbocycles. The van der Waals surface area contributed by atoms with Crippen LogP contribution in [0.1, 0.15) is 31.9 Å². The van der Waals surface area contributed by atoms with Crippen molar-refractivity contribution in [1.29, 1.82) is 0 Å². The van der Waals surface area contributed by atoms with Gasteiger partial charge in [0.2, 0.25) is 5.91 Å². The summed E-state index contributed by atoms with van der Waals surface area (Å²) in [7, 11) is 1.52. The van der Waals surface area contributed by atoms with Gasteiger partial charge in [-0.15, -0.1) is 0 Å². The van der Waals surface area contributed by atoms with Crippen molar-refractivity contribution in [2.75, 3.05) is 26.0 Å². The minimum absolute atomic E-state index is 0.00992. The molecule has 0 atom stereocenters. The van der Waals surface area contributed by atoms with Crippen molar-refractivity contribution in [3.8, 4) is 17.0 Å². The van der Waals surface area contributed by atoms with Crippen LogP contribution in [0.3, 0.4) is 0 Å². The van der Waals surface area contributed by atoms with E-state index in [0.29, 0.717) is 23.0 Å². The van der Waals surface area contributed by atoms with Crippen molar-refractivity contribution < 1.29 is 22.7 Å². The number of rotatable bonds is 6. The quantitative estimate of drug-likeness (QED) is 0.473. The van der Waals surface area contributed by atoms with Crippen molar-refractivity contribution in [3.05, 3.63) is 36.0 Å². The Morgan fingerprint density at radius 2 is 1.87 bits per heavy atom. The number of aromatic nitrogens is 2. The molecule has 1 aromatic carbocycles. The van der Waals surface area contributed by atoms with Crippen LogP contribution in [0.5, 0.6) is 5.75 Å². The lowest BCUT2D eigenvalue weighted by atomic mass is 9.99. The average molecular weight is 440 g/mol. The summed E-state index contributed by atoms with van der Waals surface area (Å²) >= 11 is 1.07. The Morgan fingerprint density at radius 1 is 1.20 bits per heavy atom. The standard InChI is InChI=1S/C21H24F3N3O2S/c1-14-7-10-27(11-8-14)19(28)9-12-30-20-25-17(13-18(26-20)21(22,23)24)15-3-5-16(29-2)6-4-15/h3-6,13-14H,7-12H2,1-2H3. The molecule has 3 rings (SSSR count). The fourth-order valence-electron chi connectivity index (χ4n) is 3.19. The molecule has 1 fully saturated rings. The number of benzene rings is 1. The number of methoxy groups -OCH3 is 1. The van der Waals surface area contributed by atoms with Crippen LogP contribution in [0, 0.1) is 5.92 Å². The number of amides is 1. The lowest BCUT2D eigenvalue weighted by Gasteiger charge is -2.30. The maximum atomic E-state index is 13.3. The van der Waals surface area contributed by atoms with Crippen LogP contribution in [0.15, 0.2) is 35.5 Å². The molecule has 0 aliphatic carbocycles. The molecular weight excluding hydrogens is 415 g/mol. The second-order valence-corrected chi connectivity index (χ2v) is 8.37. The van der Waals surface area contributed by atoms with Crippen LogP contribution >= 0.6 is 11.8 Å². The van der Waals surface area contributed by atoms with E-state index in [2.05, 4.69) is 16.9 Å². The van der Waals surface area contributed by atoms with Crippen LogP contribution < -0.4 is 4.74 Å². The first kappa shape index (κ1) is 22.4. The number of halogens is 3. The highest BCUT2D eigenvalue weighted by atomic mass is 32.2. The molecule has 0 unspecified atom stereocenters. The van der Waals surface area contributed by atoms with Crippen LogP contribution in [0.25, 0.3) is 11.3 Å². The van der Waals surface area contributed by atoms with Gasteiger partial charge in [0, 0.05) is 30.8 Å². The minimum Gasteiger partial charge on any atom is -0.497 e. The largest absolute Gasteiger partial charge is 0.497 e. The van der Waals surface area contributed by atoms with E-state index in [1.165, 1.54) is 7.11 Å². The van der Waals surface area contributed by atoms with Crippen molar-refractivity contribution in [1.82, 2.24) is 14.9 Å². The molecule has 2 heterocycles. The van der Waals surface area contributed by atoms with Crippen LogP contribution in [0.2, 0.25) is 0 Å². The van der Waals surface area contributed by atoms with E-state index in [0.717, 1.165) is 43.8 Å². The van der Waals surface area contributed by atoms with E-state index in [4.69, 9.17) is 4.74 Å². The predicted octanol–water partition coefficient (Wildman–Crippen LogP) is 4.91. The fourth-order valence-corrected chi connectivity index (χ4v) is 3.98. The first-order chi connectivity index (χ1) is 14.3. The maximum absolute atomic E-state index is 13.3. The molecule has 0 spiro atoms. The summed E-state index contributed by atoms with van der Waals surface area (Å²) in [6, 6.07) is 7.56. The Hall–Kier alpha value is -2.29. The van der Waals surface area contributed by atoms with Crippen molar-refractivity contribution in [3.63, 3.8) is 0 Å². The third kappa shape index (κ3) is 5.87. The van der Waals surface area contributed by atoms with E-state index in [9.17, 15) is 18.0 Å². The molecule has 5 nitrogen and oxygen atoms in total. The molecule has 2 aromatic rings. The number of ether oxygens (including phenoxy) is 1. The molecule has 1 saturated heterocycles. The molecule has 9 heteroatoms. The third-order valence-electron chi connectivity index (χ3n) is 5.07. The van der Waals surface area contributed by atoms with E-state index >= 15 is 0 Å². The van der Waals surface area contributed by atoms with E-state index in [1.54, 1.807) is 24.3 Å². The number of alkyl halides is 3. The molecule has 30 heavy (non-hydrogen) atoms. The smallest absolute Gasteiger partial charge is 0.433 e. The Balaban J connectivity index is 1.71. The Labute approximate surface area is 178 Å². The maximum Gasteiger partial charge on any atom is 0.433 e. The summed E-state index contributed by atoms with van der Waals surface area (Å²) in [5.74, 6) is 1.58. The van der Waals surface area contributed by atoms with Gasteiger partial charge >= 0.3 is 6.18 Å². The molecule has 0 radical (unpaired) electrons. The predicted molar refractivity (Wildman–Crippen MR) is 109 cm³/mol. The summed E-state index contributed by atoms with van der Waals surface area (Å²) in [4.78, 5) is 22.1. The molecule has 1 aliphatic rings. The van der Waals surface area contributed by atoms with Gasteiger partial charge in [0.25, 0.3) is 0 Å². The van der Waals surface area contributed by atoms with Gasteiger partial charge < -0.3 is 9.64 Å². The van der Waals surface area contributed by atoms with Gasteiger partial charge in [0.15, 0.2) is 5.16 Å². The summed E-state index contributed by atoms with van der Waals surface area (Å²) < 4.78 is 45.1. The fraction of sp³-hybridized carbons (Fsp3) is 0.476. The number of likely N-dealkylation sites (tertiary alicyclic amines) is 1. The number of thioether (sulfide) groups is 1. The highest BCUT2D eigenvalue weighted by Crippen LogP contribution is 2.32. The highest BCUT2D eigenvalue weighted by molar-refractivity contribution is 7.99. The number of hydrogen-bond acceptors (Lipinski definition) is 5. The Bertz CT molecular complexity index is 867. The monoisotopic (exact) mass is 439 g/mol. The summed E-state index contributed by atoms with van der Waals surface area (Å²) in [6.07, 6.45) is -2.36. The molecule has 0 N–H and O–H groups in total. The van der Waals surface area contributed by atoms with E-state index in [1.807, 2.05) is 4.90 Å². The van der Waals surface area contributed by atoms with Gasteiger partial charge in [0.1, 0.15) is 11.4 Å². The topological polar surface area (TPSA) is 55.3 Å². The zero-order valence-corrected chi connectivity index (χ0v) is 17.7.